The number of halogens is 2. The highest BCUT2D eigenvalue weighted by Gasteiger charge is 2.49. The minimum Gasteiger partial charge on any atom is -0.366 e. The van der Waals surface area contributed by atoms with Crippen molar-refractivity contribution < 1.29 is 23.7 Å². The molecule has 2 aromatic rings. The number of rotatable bonds is 4. The first-order valence-electron chi connectivity index (χ1n) is 9.26. The molecule has 0 bridgehead atoms. The highest BCUT2D eigenvalue weighted by atomic mass is 35.5. The van der Waals surface area contributed by atoms with Crippen LogP contribution in [0.25, 0.3) is 0 Å². The zero-order valence-corrected chi connectivity index (χ0v) is 17.2. The van der Waals surface area contributed by atoms with Crippen molar-refractivity contribution in [2.24, 2.45) is 0 Å². The average molecular weight is 460 g/mol. The minimum atomic E-state index is -1.04. The molecule has 2 unspecified atom stereocenters. The van der Waals surface area contributed by atoms with Gasteiger partial charge in [0.1, 0.15) is 6.04 Å². The quantitative estimate of drug-likeness (QED) is 0.535. The summed E-state index contributed by atoms with van der Waals surface area (Å²) >= 11 is 5.87. The molecule has 2 aliphatic rings. The average Bonchev–Trinajstić information content (AvgIpc) is 3.07. The molecular weight excluding hydrogens is 445 g/mol. The number of fused-ring (bicyclic) bond motifs is 1. The number of nitrogens with zero attached hydrogens (tertiary/aromatic N) is 3. The largest absolute Gasteiger partial charge is 0.366 e. The first-order valence-corrected chi connectivity index (χ1v) is 9.64. The molecule has 32 heavy (non-hydrogen) atoms. The van der Waals surface area contributed by atoms with Crippen molar-refractivity contribution in [3.63, 3.8) is 0 Å². The van der Waals surface area contributed by atoms with Crippen molar-refractivity contribution in [2.75, 3.05) is 17.3 Å². The molecule has 0 aliphatic carbocycles. The Kier molecular flexibility index (Phi) is 5.26. The molecule has 10 nitrogen and oxygen atoms in total. The van der Waals surface area contributed by atoms with Gasteiger partial charge in [0.05, 0.1) is 22.2 Å². The van der Waals surface area contributed by atoms with Gasteiger partial charge in [-0.2, -0.15) is 4.39 Å². The smallest absolute Gasteiger partial charge is 0.329 e. The van der Waals surface area contributed by atoms with Crippen molar-refractivity contribution >= 4 is 46.5 Å². The molecule has 2 N–H and O–H groups in total. The highest BCUT2D eigenvalue weighted by molar-refractivity contribution is 6.30. The number of imide groups is 1. The van der Waals surface area contributed by atoms with Crippen LogP contribution in [-0.2, 0) is 9.59 Å². The lowest BCUT2D eigenvalue weighted by Gasteiger charge is -2.37. The number of amides is 4. The number of anilines is 2. The molecule has 2 aliphatic heterocycles. The molecule has 0 aromatic heterocycles. The van der Waals surface area contributed by atoms with Gasteiger partial charge in [-0.1, -0.05) is 11.6 Å². The van der Waals surface area contributed by atoms with Gasteiger partial charge in [-0.15, -0.1) is 0 Å². The predicted molar refractivity (Wildman–Crippen MR) is 113 cm³/mol. The van der Waals surface area contributed by atoms with Crippen LogP contribution in [0.15, 0.2) is 54.2 Å². The zero-order valence-electron chi connectivity index (χ0n) is 16.4. The predicted octanol–water partition coefficient (Wildman–Crippen LogP) is 2.65. The Hall–Kier alpha value is -3.99. The van der Waals surface area contributed by atoms with Crippen molar-refractivity contribution in [2.45, 2.75) is 12.1 Å². The maximum absolute atomic E-state index is 13.5. The molecule has 0 radical (unpaired) electrons. The van der Waals surface area contributed by atoms with Gasteiger partial charge in [-0.05, 0) is 36.4 Å². The van der Waals surface area contributed by atoms with Gasteiger partial charge >= 0.3 is 11.7 Å². The van der Waals surface area contributed by atoms with Crippen LogP contribution in [0.1, 0.15) is 0 Å². The molecule has 1 saturated heterocycles. The lowest BCUT2D eigenvalue weighted by atomic mass is 9.99. The van der Waals surface area contributed by atoms with E-state index in [1.807, 2.05) is 0 Å². The number of nitro groups is 1. The van der Waals surface area contributed by atoms with Gasteiger partial charge < -0.3 is 15.5 Å². The third-order valence-corrected chi connectivity index (χ3v) is 5.39. The second-order valence-electron chi connectivity index (χ2n) is 7.15. The molecule has 2 aromatic carbocycles. The molecule has 4 rings (SSSR count). The monoisotopic (exact) mass is 459 g/mol. The Bertz CT molecular complexity index is 1190. The topological polar surface area (TPSA) is 125 Å². The van der Waals surface area contributed by atoms with Gasteiger partial charge in [0.2, 0.25) is 5.82 Å². The standard InChI is InChI=1S/C20H15ClFN5O5/c1-25-9-13(18(28)23-11-4-7-14(22)15(8-11)27(31)32)16-17(25)19(29)26(20(30)24-16)12-5-2-10(21)3-6-12/h2-9,16-17H,1H3,(H,23,28)(H,24,30). The summed E-state index contributed by atoms with van der Waals surface area (Å²) in [5, 5.41) is 16.5. The molecule has 12 heteroatoms. The Morgan fingerprint density at radius 2 is 1.91 bits per heavy atom. The summed E-state index contributed by atoms with van der Waals surface area (Å²) in [6.45, 7) is 0. The van der Waals surface area contributed by atoms with E-state index >= 15 is 0 Å². The summed E-state index contributed by atoms with van der Waals surface area (Å²) in [5.41, 5.74) is -0.411. The van der Waals surface area contributed by atoms with E-state index in [2.05, 4.69) is 10.6 Å². The number of carbonyl (C=O) groups is 3. The number of benzene rings is 2. The van der Waals surface area contributed by atoms with Crippen LogP contribution in [0.5, 0.6) is 0 Å². The van der Waals surface area contributed by atoms with Gasteiger partial charge in [-0.3, -0.25) is 19.7 Å². The molecule has 2 atom stereocenters. The lowest BCUT2D eigenvalue weighted by Crippen LogP contribution is -2.65. The number of hydrogen-bond donors (Lipinski definition) is 2. The van der Waals surface area contributed by atoms with E-state index in [1.54, 1.807) is 19.2 Å². The Balaban J connectivity index is 1.57. The summed E-state index contributed by atoms with van der Waals surface area (Å²) in [4.78, 5) is 51.1. The van der Waals surface area contributed by atoms with Gasteiger partial charge in [-0.25, -0.2) is 9.69 Å². The SMILES string of the molecule is CN1C=C(C(=O)Nc2ccc(F)c([N+](=O)[O-])c2)C2NC(=O)N(c3ccc(Cl)cc3)C(=O)C21. The fourth-order valence-corrected chi connectivity index (χ4v) is 3.78. The van der Waals surface area contributed by atoms with Gasteiger partial charge in [0.15, 0.2) is 0 Å². The number of likely N-dealkylation sites (N-methyl/N-ethyl adjacent to an activating group) is 1. The van der Waals surface area contributed by atoms with E-state index in [1.165, 1.54) is 29.3 Å². The Labute approximate surface area is 185 Å². The molecule has 0 saturated carbocycles. The third-order valence-electron chi connectivity index (χ3n) is 5.14. The van der Waals surface area contributed by atoms with Crippen LogP contribution in [-0.4, -0.2) is 46.8 Å². The third kappa shape index (κ3) is 3.62. The Morgan fingerprint density at radius 3 is 2.56 bits per heavy atom. The van der Waals surface area contributed by atoms with Crippen molar-refractivity contribution in [3.05, 3.63) is 75.2 Å². The normalized spacial score (nSPS) is 19.9. The van der Waals surface area contributed by atoms with E-state index in [0.717, 1.165) is 17.0 Å². The van der Waals surface area contributed by atoms with Crippen LogP contribution < -0.4 is 15.5 Å². The molecule has 164 valence electrons. The molecular formula is C20H15ClFN5O5. The molecule has 4 amide bonds. The van der Waals surface area contributed by atoms with Crippen molar-refractivity contribution in [1.82, 2.24) is 10.2 Å². The maximum Gasteiger partial charge on any atom is 0.329 e. The number of carbonyl (C=O) groups excluding carboxylic acids is 3. The summed E-state index contributed by atoms with van der Waals surface area (Å²) in [6, 6.07) is 6.51. The van der Waals surface area contributed by atoms with E-state index in [4.69, 9.17) is 11.6 Å². The number of urea groups is 1. The van der Waals surface area contributed by atoms with Crippen LogP contribution in [0.4, 0.5) is 26.2 Å². The first-order chi connectivity index (χ1) is 15.2. The molecule has 1 fully saturated rings. The minimum absolute atomic E-state index is 0.00800. The van der Waals surface area contributed by atoms with Crippen molar-refractivity contribution in [1.29, 1.82) is 0 Å². The molecule has 0 spiro atoms. The summed E-state index contributed by atoms with van der Waals surface area (Å²) < 4.78 is 13.5. The first kappa shape index (κ1) is 21.2. The lowest BCUT2D eigenvalue weighted by molar-refractivity contribution is -0.387. The Morgan fingerprint density at radius 1 is 1.22 bits per heavy atom. The van der Waals surface area contributed by atoms with Crippen molar-refractivity contribution in [3.8, 4) is 0 Å². The summed E-state index contributed by atoms with van der Waals surface area (Å²) in [5.74, 6) is -2.28. The fourth-order valence-electron chi connectivity index (χ4n) is 3.66. The van der Waals surface area contributed by atoms with E-state index in [-0.39, 0.29) is 11.3 Å². The van der Waals surface area contributed by atoms with E-state index in [0.29, 0.717) is 10.7 Å². The highest BCUT2D eigenvalue weighted by Crippen LogP contribution is 2.31. The van der Waals surface area contributed by atoms with E-state index < -0.39 is 46.4 Å². The van der Waals surface area contributed by atoms with Gasteiger partial charge in [0.25, 0.3) is 11.8 Å². The fraction of sp³-hybridized carbons (Fsp3) is 0.150. The second kappa shape index (κ2) is 7.93. The van der Waals surface area contributed by atoms with E-state index in [9.17, 15) is 28.9 Å². The van der Waals surface area contributed by atoms with Gasteiger partial charge in [0, 0.05) is 30.0 Å². The molecule has 2 heterocycles. The van der Waals surface area contributed by atoms with Crippen LogP contribution in [0.2, 0.25) is 5.02 Å². The number of nitro benzene ring substituents is 1. The maximum atomic E-state index is 13.5. The van der Waals surface area contributed by atoms with Crippen LogP contribution in [0, 0.1) is 15.9 Å². The zero-order chi connectivity index (χ0) is 23.2. The summed E-state index contributed by atoms with van der Waals surface area (Å²) in [6.07, 6.45) is 1.41. The summed E-state index contributed by atoms with van der Waals surface area (Å²) in [7, 11) is 1.58. The second-order valence-corrected chi connectivity index (χ2v) is 7.59. The van der Waals surface area contributed by atoms with Crippen LogP contribution in [0.3, 0.4) is 0 Å². The number of nitrogens with one attached hydrogen (secondary N) is 2. The van der Waals surface area contributed by atoms with Crippen LogP contribution >= 0.6 is 11.6 Å². The number of hydrogen-bond acceptors (Lipinski definition) is 6.